The van der Waals surface area contributed by atoms with Crippen LogP contribution in [0.1, 0.15) is 103 Å². The third kappa shape index (κ3) is 35.1. The molecule has 0 amide bonds. The summed E-state index contributed by atoms with van der Waals surface area (Å²) >= 11 is 0. The molecule has 86 heavy (non-hydrogen) atoms. The van der Waals surface area contributed by atoms with E-state index in [-0.39, 0.29) is 110 Å². The lowest BCUT2D eigenvalue weighted by molar-refractivity contribution is -0.173. The lowest BCUT2D eigenvalue weighted by Gasteiger charge is -2.32. The minimum atomic E-state index is -1.62. The van der Waals surface area contributed by atoms with Crippen molar-refractivity contribution in [3.8, 4) is 17.2 Å². The zero-order valence-electron chi connectivity index (χ0n) is 50.1. The Balaban J connectivity index is 0.00000277. The number of hydrogen-bond donors (Lipinski definition) is 4. The Morgan fingerprint density at radius 2 is 0.860 bits per heavy atom. The molecule has 0 spiro atoms. The Hall–Kier alpha value is -8.29. The van der Waals surface area contributed by atoms with Gasteiger partial charge < -0.3 is 77.3 Å². The van der Waals surface area contributed by atoms with Crippen LogP contribution in [0, 0.1) is 0 Å². The number of ether oxygens (including phenoxy) is 11. The van der Waals surface area contributed by atoms with Gasteiger partial charge in [0.05, 0.1) is 58.5 Å². The highest BCUT2D eigenvalue weighted by Crippen LogP contribution is 2.40. The molecular weight excluding hydrogens is 1130 g/mol. The van der Waals surface area contributed by atoms with E-state index in [4.69, 9.17) is 47.7 Å². The van der Waals surface area contributed by atoms with Crippen LogP contribution in [-0.4, -0.2) is 173 Å². The van der Waals surface area contributed by atoms with Crippen molar-refractivity contribution in [2.24, 2.45) is 0 Å². The topological polar surface area (TPSA) is 336 Å². The molecule has 0 fully saturated rings. The summed E-state index contributed by atoms with van der Waals surface area (Å²) in [6, 6.07) is 21.4. The van der Waals surface area contributed by atoms with Crippen LogP contribution in [0.5, 0.6) is 17.2 Å². The molecule has 24 heteroatoms. The van der Waals surface area contributed by atoms with Gasteiger partial charge in [0.2, 0.25) is 6.29 Å². The molecule has 4 unspecified atom stereocenters. The van der Waals surface area contributed by atoms with Crippen molar-refractivity contribution >= 4 is 54.4 Å². The quantitative estimate of drug-likeness (QED) is 0.0104. The molecule has 24 nitrogen and oxygen atoms in total. The van der Waals surface area contributed by atoms with Crippen LogP contribution < -0.4 is 14.2 Å². The fraction of sp³-hybridized carbons (Fsp3) is 0.468. The van der Waals surface area contributed by atoms with E-state index in [1.807, 2.05) is 57.2 Å². The Labute approximate surface area is 501 Å². The average molecular weight is 1210 g/mol. The van der Waals surface area contributed by atoms with Crippen LogP contribution in [0.2, 0.25) is 0 Å². The summed E-state index contributed by atoms with van der Waals surface area (Å²) < 4.78 is 56.1. The summed E-state index contributed by atoms with van der Waals surface area (Å²) in [7, 11) is 1.47. The van der Waals surface area contributed by atoms with Crippen LogP contribution in [0.4, 0.5) is 0 Å². The van der Waals surface area contributed by atoms with E-state index in [1.54, 1.807) is 43.3 Å². The number of allylic oxidation sites excluding steroid dienone is 1. The molecule has 3 aromatic rings. The Morgan fingerprint density at radius 3 is 1.28 bits per heavy atom. The number of aliphatic hydroxyl groups excluding tert-OH is 4. The first-order chi connectivity index (χ1) is 41.0. The van der Waals surface area contributed by atoms with Crippen LogP contribution in [0.25, 0.3) is 0 Å². The Kier molecular flexibility index (Phi) is 41.6. The van der Waals surface area contributed by atoms with E-state index >= 15 is 0 Å². The van der Waals surface area contributed by atoms with E-state index in [0.717, 1.165) is 23.0 Å². The molecule has 4 N–H and O–H groups in total. The number of benzene rings is 3. The van der Waals surface area contributed by atoms with Crippen molar-refractivity contribution in [2.75, 3.05) is 79.8 Å². The lowest BCUT2D eigenvalue weighted by Crippen LogP contribution is -2.26. The van der Waals surface area contributed by atoms with Gasteiger partial charge in [0.15, 0.2) is 6.61 Å². The number of methoxy groups -OCH3 is 1. The number of carbonyl (C=O) groups excluding carboxylic acids is 9. The smallest absolute Gasteiger partial charge is 0.333 e. The molecule has 4 atom stereocenters. The maximum atomic E-state index is 12.2. The zero-order chi connectivity index (χ0) is 64.9. The van der Waals surface area contributed by atoms with Crippen LogP contribution in [0.15, 0.2) is 109 Å². The van der Waals surface area contributed by atoms with Gasteiger partial charge in [-0.2, -0.15) is 0 Å². The monoisotopic (exact) mass is 1210 g/mol. The van der Waals surface area contributed by atoms with Gasteiger partial charge in [-0.15, -0.1) is 0 Å². The van der Waals surface area contributed by atoms with E-state index in [2.05, 4.69) is 29.2 Å². The predicted octanol–water partition coefficient (Wildman–Crippen LogP) is 5.51. The molecule has 0 aliphatic rings. The summed E-state index contributed by atoms with van der Waals surface area (Å²) in [5.41, 5.74) is 2.84. The van der Waals surface area contributed by atoms with Crippen molar-refractivity contribution in [1.82, 2.24) is 0 Å². The molecule has 0 radical (unpaired) electrons. The molecule has 3 aromatic carbocycles. The van der Waals surface area contributed by atoms with Gasteiger partial charge in [-0.05, 0) is 86.4 Å². The minimum absolute atomic E-state index is 0.00147. The predicted molar refractivity (Wildman–Crippen MR) is 310 cm³/mol. The number of hydrogen-bond acceptors (Lipinski definition) is 24. The van der Waals surface area contributed by atoms with Crippen molar-refractivity contribution in [1.29, 1.82) is 0 Å². The zero-order valence-corrected chi connectivity index (χ0v) is 50.1. The van der Waals surface area contributed by atoms with Gasteiger partial charge in [-0.25, -0.2) is 9.59 Å². The highest BCUT2D eigenvalue weighted by molar-refractivity contribution is 5.87. The molecule has 3 rings (SSSR count). The summed E-state index contributed by atoms with van der Waals surface area (Å²) in [5.74, 6) is -3.00. The first kappa shape index (κ1) is 77.7. The van der Waals surface area contributed by atoms with Gasteiger partial charge in [0, 0.05) is 36.5 Å². The highest BCUT2D eigenvalue weighted by atomic mass is 16.7. The first-order valence-corrected chi connectivity index (χ1v) is 27.3. The maximum Gasteiger partial charge on any atom is 0.333 e. The van der Waals surface area contributed by atoms with Crippen LogP contribution in [-0.2, 0) is 86.5 Å². The second-order valence-corrected chi connectivity index (χ2v) is 18.3. The Bertz CT molecular complexity index is 2540. The molecular formula is C62H84O24. The van der Waals surface area contributed by atoms with E-state index in [9.17, 15) is 58.5 Å². The fourth-order valence-corrected chi connectivity index (χ4v) is 6.30. The molecule has 0 saturated carbocycles. The molecule has 0 aliphatic carbocycles. The summed E-state index contributed by atoms with van der Waals surface area (Å²) in [6.45, 7) is 19.8. The highest BCUT2D eigenvalue weighted by Gasteiger charge is 2.32. The van der Waals surface area contributed by atoms with Crippen LogP contribution in [0.3, 0.4) is 0 Å². The molecule has 0 bridgehead atoms. The van der Waals surface area contributed by atoms with E-state index < -0.39 is 78.9 Å². The van der Waals surface area contributed by atoms with E-state index in [1.165, 1.54) is 21.0 Å². The first-order valence-electron chi connectivity index (χ1n) is 27.3. The summed E-state index contributed by atoms with van der Waals surface area (Å²) in [5, 5.41) is 39.5. The molecule has 476 valence electrons. The van der Waals surface area contributed by atoms with Gasteiger partial charge in [0.25, 0.3) is 0 Å². The molecule has 0 aliphatic heterocycles. The SMILES string of the molecule is C=C(C)C(=O)OCCCOC(=O)CCC(=O)OC(O)COc1ccc(C(C)(c2ccc(OCC(O)CO)cc2)c2ccc(OCC(O)COC(=O)CCC(=O)OCCOC)cc2)cc1.C=C(C)C(=O)OCCOC(=O)CCC=O.C=C(C)C=O.CC. The van der Waals surface area contributed by atoms with E-state index in [0.29, 0.717) is 34.7 Å². The molecule has 0 heterocycles. The second-order valence-electron chi connectivity index (χ2n) is 18.3. The van der Waals surface area contributed by atoms with Crippen molar-refractivity contribution in [3.05, 3.63) is 126 Å². The van der Waals surface area contributed by atoms with Crippen molar-refractivity contribution < 1.29 is 116 Å². The van der Waals surface area contributed by atoms with Crippen LogP contribution >= 0.6 is 0 Å². The van der Waals surface area contributed by atoms with Gasteiger partial charge >= 0.3 is 41.8 Å². The lowest BCUT2D eigenvalue weighted by atomic mass is 9.71. The fourth-order valence-electron chi connectivity index (χ4n) is 6.30. The number of esters is 7. The van der Waals surface area contributed by atoms with Crippen molar-refractivity contribution in [2.45, 2.75) is 110 Å². The molecule has 0 saturated heterocycles. The van der Waals surface area contributed by atoms with Gasteiger partial charge in [0.1, 0.15) is 81.7 Å². The number of carbonyl (C=O) groups is 9. The van der Waals surface area contributed by atoms with Gasteiger partial charge in [-0.3, -0.25) is 28.8 Å². The number of aldehydes is 2. The third-order valence-corrected chi connectivity index (χ3v) is 10.8. The van der Waals surface area contributed by atoms with Crippen molar-refractivity contribution in [3.63, 3.8) is 0 Å². The third-order valence-electron chi connectivity index (χ3n) is 10.8. The van der Waals surface area contributed by atoms with Gasteiger partial charge in [-0.1, -0.05) is 70.0 Å². The second kappa shape index (κ2) is 46.1. The number of aliphatic hydroxyl groups is 4. The number of rotatable bonds is 38. The largest absolute Gasteiger partial charge is 0.491 e. The maximum absolute atomic E-state index is 12.2. The molecule has 0 aromatic heterocycles. The average Bonchev–Trinajstić information content (AvgIpc) is 0.960. The standard InChI is InChI=1S/C46H58O18.C10H14O5.C4H6O.C2H6/c1-31(2)45(55)59-23-5-22-57-40(50)20-21-43(53)64-44(54)30-62-39-16-10-34(11-17-39)46(3,32-6-12-37(13-7-32)60-27-35(48)26-47)33-8-14-38(15-9-33)61-28-36(49)29-63-42(52)19-18-41(51)58-25-24-56-4;1-8(2)10(13)15-7-6-14-9(12)4-3-5-11;1-4(2)3-5;1-2/h6-17,35-36,44,47-49,54H,1,5,18-30H2,2-4H3;5H,1,3-4,6-7H2,2H3;3H,1H2,2H3;1-2H3. The summed E-state index contributed by atoms with van der Waals surface area (Å²) in [6.07, 6.45) is -2.96. The minimum Gasteiger partial charge on any atom is -0.491 e. The Morgan fingerprint density at radius 1 is 0.500 bits per heavy atom. The normalized spacial score (nSPS) is 11.9. The summed E-state index contributed by atoms with van der Waals surface area (Å²) in [4.78, 5) is 100.